The molecule has 3 aliphatic rings. The Morgan fingerprint density at radius 1 is 1.15 bits per heavy atom. The average Bonchev–Trinajstić information content (AvgIpc) is 3.07. The lowest BCUT2D eigenvalue weighted by molar-refractivity contribution is -0.122. The van der Waals surface area contributed by atoms with Gasteiger partial charge in [0.25, 0.3) is 5.91 Å². The van der Waals surface area contributed by atoms with Crippen LogP contribution < -0.4 is 4.90 Å². The molecule has 4 rings (SSSR count). The fourth-order valence-corrected chi connectivity index (χ4v) is 8.17. The summed E-state index contributed by atoms with van der Waals surface area (Å²) in [6, 6.07) is 7.11. The van der Waals surface area contributed by atoms with Crippen molar-refractivity contribution in [3.63, 3.8) is 0 Å². The van der Waals surface area contributed by atoms with Gasteiger partial charge in [-0.05, 0) is 25.0 Å². The molecule has 5 nitrogen and oxygen atoms in total. The second-order valence-corrected chi connectivity index (χ2v) is 11.0. The van der Waals surface area contributed by atoms with E-state index >= 15 is 0 Å². The first-order chi connectivity index (χ1) is 12.4. The number of nitrogens with zero attached hydrogens (tertiary/aromatic N) is 2. The maximum atomic E-state index is 12.7. The highest BCUT2D eigenvalue weighted by molar-refractivity contribution is 8.16. The molecule has 0 N–H and O–H groups in total. The van der Waals surface area contributed by atoms with Crippen LogP contribution in [0.5, 0.6) is 0 Å². The summed E-state index contributed by atoms with van der Waals surface area (Å²) >= 11 is 7.78. The third-order valence-corrected chi connectivity index (χ3v) is 8.87. The van der Waals surface area contributed by atoms with Crippen molar-refractivity contribution in [1.82, 2.24) is 0 Å². The molecule has 2 saturated heterocycles. The number of thioether (sulfide) groups is 1. The minimum Gasteiger partial charge on any atom is -0.314 e. The molecular formula is C18H21ClN2O3S2. The Balaban J connectivity index is 1.68. The SMILES string of the molecule is O=C(N=C1S[C@H]2CS(=O)(=O)C[C@H]2N1c1ccccc1Cl)C1CCCCC1. The summed E-state index contributed by atoms with van der Waals surface area (Å²) in [5, 5.41) is 1.03. The highest BCUT2D eigenvalue weighted by atomic mass is 35.5. The summed E-state index contributed by atoms with van der Waals surface area (Å²) in [6.07, 6.45) is 5.13. The molecule has 2 heterocycles. The first kappa shape index (κ1) is 18.3. The van der Waals surface area contributed by atoms with Gasteiger partial charge in [-0.15, -0.1) is 0 Å². The topological polar surface area (TPSA) is 66.8 Å². The van der Waals surface area contributed by atoms with E-state index in [0.717, 1.165) is 31.4 Å². The van der Waals surface area contributed by atoms with Crippen LogP contribution in [0.15, 0.2) is 29.3 Å². The van der Waals surface area contributed by atoms with Gasteiger partial charge in [-0.1, -0.05) is 54.8 Å². The van der Waals surface area contributed by atoms with E-state index in [4.69, 9.17) is 11.6 Å². The van der Waals surface area contributed by atoms with E-state index in [1.54, 1.807) is 6.07 Å². The molecule has 3 fully saturated rings. The van der Waals surface area contributed by atoms with Gasteiger partial charge < -0.3 is 4.90 Å². The largest absolute Gasteiger partial charge is 0.314 e. The Morgan fingerprint density at radius 3 is 2.62 bits per heavy atom. The molecule has 8 heteroatoms. The van der Waals surface area contributed by atoms with Gasteiger partial charge in [-0.2, -0.15) is 4.99 Å². The van der Waals surface area contributed by atoms with Crippen molar-refractivity contribution in [2.45, 2.75) is 43.4 Å². The first-order valence-electron chi connectivity index (χ1n) is 8.98. The standard InChI is InChI=1S/C18H21ClN2O3S2/c19-13-8-4-5-9-14(13)21-15-10-26(23,24)11-16(15)25-18(21)20-17(22)12-6-2-1-3-7-12/h4-5,8-9,12,15-16H,1-3,6-7,10-11H2/t15-,16+/m1/s1. The van der Waals surface area contributed by atoms with Crippen molar-refractivity contribution in [2.24, 2.45) is 10.9 Å². The molecule has 1 amide bonds. The Hall–Kier alpha value is -1.05. The number of sulfone groups is 1. The summed E-state index contributed by atoms with van der Waals surface area (Å²) in [6.45, 7) is 0. The summed E-state index contributed by atoms with van der Waals surface area (Å²) in [5.41, 5.74) is 0.724. The van der Waals surface area contributed by atoms with Crippen LogP contribution in [0.3, 0.4) is 0 Å². The number of carbonyl (C=O) groups is 1. The van der Waals surface area contributed by atoms with Crippen molar-refractivity contribution in [2.75, 3.05) is 16.4 Å². The van der Waals surface area contributed by atoms with Crippen LogP contribution in [-0.4, -0.2) is 42.3 Å². The van der Waals surface area contributed by atoms with E-state index in [2.05, 4.69) is 4.99 Å². The molecule has 1 aliphatic carbocycles. The van der Waals surface area contributed by atoms with E-state index in [1.807, 2.05) is 23.1 Å². The van der Waals surface area contributed by atoms with Crippen LogP contribution in [0, 0.1) is 5.92 Å². The number of amides is 1. The fraction of sp³-hybridized carbons (Fsp3) is 0.556. The number of para-hydroxylation sites is 1. The van der Waals surface area contributed by atoms with Crippen molar-refractivity contribution in [3.8, 4) is 0 Å². The summed E-state index contributed by atoms with van der Waals surface area (Å²) in [7, 11) is -3.08. The lowest BCUT2D eigenvalue weighted by Gasteiger charge is -2.26. The number of hydrogen-bond acceptors (Lipinski definition) is 4. The van der Waals surface area contributed by atoms with E-state index < -0.39 is 9.84 Å². The van der Waals surface area contributed by atoms with Crippen molar-refractivity contribution < 1.29 is 13.2 Å². The average molecular weight is 413 g/mol. The van der Waals surface area contributed by atoms with Crippen LogP contribution in [0.4, 0.5) is 5.69 Å². The zero-order valence-corrected chi connectivity index (χ0v) is 16.7. The van der Waals surface area contributed by atoms with E-state index in [0.29, 0.717) is 10.2 Å². The molecule has 2 aliphatic heterocycles. The molecule has 140 valence electrons. The molecule has 0 bridgehead atoms. The molecular weight excluding hydrogens is 392 g/mol. The maximum absolute atomic E-state index is 12.7. The lowest BCUT2D eigenvalue weighted by atomic mass is 9.89. The van der Waals surface area contributed by atoms with Gasteiger partial charge >= 0.3 is 0 Å². The van der Waals surface area contributed by atoms with E-state index in [1.165, 1.54) is 18.2 Å². The second kappa shape index (κ2) is 7.17. The minimum absolute atomic E-state index is 0.00545. The smallest absolute Gasteiger partial charge is 0.251 e. The van der Waals surface area contributed by atoms with E-state index in [9.17, 15) is 13.2 Å². The van der Waals surface area contributed by atoms with Gasteiger partial charge in [-0.3, -0.25) is 4.79 Å². The molecule has 0 radical (unpaired) electrons. The minimum atomic E-state index is -3.08. The third kappa shape index (κ3) is 3.53. The highest BCUT2D eigenvalue weighted by Gasteiger charge is 2.49. The molecule has 1 aromatic carbocycles. The van der Waals surface area contributed by atoms with Crippen molar-refractivity contribution >= 4 is 50.0 Å². The van der Waals surface area contributed by atoms with Gasteiger partial charge in [0.2, 0.25) is 0 Å². The molecule has 2 atom stereocenters. The molecule has 26 heavy (non-hydrogen) atoms. The number of amidine groups is 1. The number of benzene rings is 1. The number of anilines is 1. The Bertz CT molecular complexity index is 850. The van der Waals surface area contributed by atoms with Gasteiger partial charge in [0.1, 0.15) is 0 Å². The zero-order valence-electron chi connectivity index (χ0n) is 14.3. The fourth-order valence-electron chi connectivity index (χ4n) is 4.03. The molecule has 0 spiro atoms. The van der Waals surface area contributed by atoms with Gasteiger partial charge in [0.15, 0.2) is 15.0 Å². The molecule has 1 saturated carbocycles. The van der Waals surface area contributed by atoms with Crippen LogP contribution >= 0.6 is 23.4 Å². The summed E-state index contributed by atoms with van der Waals surface area (Å²) in [4.78, 5) is 19.0. The zero-order chi connectivity index (χ0) is 18.3. The van der Waals surface area contributed by atoms with Crippen LogP contribution in [-0.2, 0) is 14.6 Å². The summed E-state index contributed by atoms with van der Waals surface area (Å²) < 4.78 is 24.2. The quantitative estimate of drug-likeness (QED) is 0.743. The number of fused-ring (bicyclic) bond motifs is 1. The number of hydrogen-bond donors (Lipinski definition) is 0. The van der Waals surface area contributed by atoms with Crippen LogP contribution in [0.25, 0.3) is 0 Å². The maximum Gasteiger partial charge on any atom is 0.251 e. The summed E-state index contributed by atoms with van der Waals surface area (Å²) in [5.74, 6) is 0.119. The highest BCUT2D eigenvalue weighted by Crippen LogP contribution is 2.43. The van der Waals surface area contributed by atoms with Gasteiger partial charge in [0, 0.05) is 11.2 Å². The normalized spacial score (nSPS) is 29.9. The molecule has 1 aromatic rings. The van der Waals surface area contributed by atoms with Crippen molar-refractivity contribution in [1.29, 1.82) is 0 Å². The van der Waals surface area contributed by atoms with Crippen LogP contribution in [0.2, 0.25) is 5.02 Å². The predicted octanol–water partition coefficient (Wildman–Crippen LogP) is 3.52. The second-order valence-electron chi connectivity index (χ2n) is 7.19. The first-order valence-corrected chi connectivity index (χ1v) is 12.1. The Kier molecular flexibility index (Phi) is 5.05. The molecule has 0 unspecified atom stereocenters. The monoisotopic (exact) mass is 412 g/mol. The van der Waals surface area contributed by atoms with Crippen molar-refractivity contribution in [3.05, 3.63) is 29.3 Å². The number of carbonyl (C=O) groups excluding carboxylic acids is 1. The van der Waals surface area contributed by atoms with Crippen LogP contribution in [0.1, 0.15) is 32.1 Å². The number of halogens is 1. The molecule has 0 aromatic heterocycles. The number of rotatable bonds is 2. The third-order valence-electron chi connectivity index (χ3n) is 5.34. The van der Waals surface area contributed by atoms with E-state index in [-0.39, 0.29) is 34.6 Å². The Morgan fingerprint density at radius 2 is 1.88 bits per heavy atom. The van der Waals surface area contributed by atoms with Gasteiger partial charge in [-0.25, -0.2) is 8.42 Å². The predicted molar refractivity (Wildman–Crippen MR) is 107 cm³/mol. The number of aliphatic imine (C=N–C) groups is 1. The van der Waals surface area contributed by atoms with Gasteiger partial charge in [0.05, 0.1) is 28.3 Å². The Labute approximate surface area is 163 Å². The lowest BCUT2D eigenvalue weighted by Crippen LogP contribution is -2.38.